The minimum atomic E-state index is -1.55. The zero-order valence-corrected chi connectivity index (χ0v) is 14.5. The van der Waals surface area contributed by atoms with E-state index in [1.807, 2.05) is 0 Å². The average Bonchev–Trinajstić information content (AvgIpc) is 2.30. The van der Waals surface area contributed by atoms with Crippen molar-refractivity contribution >= 4 is 8.32 Å². The molecular weight excluding hydrogens is 236 g/mol. The minimum absolute atomic E-state index is 0.161. The predicted octanol–water partition coefficient (Wildman–Crippen LogP) is 5.08. The number of rotatable bonds is 7. The van der Waals surface area contributed by atoms with Crippen molar-refractivity contribution in [3.63, 3.8) is 0 Å². The molecule has 106 valence electrons. The first kappa shape index (κ1) is 17.7. The summed E-state index contributed by atoms with van der Waals surface area (Å²) in [5.74, 6) is 3.23. The Morgan fingerprint density at radius 3 is 1.83 bits per heavy atom. The monoisotopic (exact) mass is 268 g/mol. The first-order chi connectivity index (χ1) is 8.26. The third kappa shape index (κ3) is 4.78. The predicted molar refractivity (Wildman–Crippen MR) is 84.1 cm³/mol. The molecule has 0 aliphatic heterocycles. The van der Waals surface area contributed by atoms with Crippen LogP contribution in [0.2, 0.25) is 18.1 Å². The normalized spacial score (nSPS) is 16.1. The third-order valence-corrected chi connectivity index (χ3v) is 8.74. The summed E-state index contributed by atoms with van der Waals surface area (Å²) in [5, 5.41) is 0. The smallest absolute Gasteiger partial charge is 0.192 e. The summed E-state index contributed by atoms with van der Waals surface area (Å²) in [6.07, 6.45) is 6.56. The molecule has 1 nitrogen and oxygen atoms in total. The molecule has 0 unspecified atom stereocenters. The van der Waals surface area contributed by atoms with Gasteiger partial charge >= 0.3 is 0 Å². The van der Waals surface area contributed by atoms with Crippen molar-refractivity contribution in [2.45, 2.75) is 79.1 Å². The van der Waals surface area contributed by atoms with E-state index in [-0.39, 0.29) is 11.5 Å². The lowest BCUT2D eigenvalue weighted by molar-refractivity contribution is 0.0323. The van der Waals surface area contributed by atoms with Crippen molar-refractivity contribution in [1.29, 1.82) is 0 Å². The largest absolute Gasteiger partial charge is 0.413 e. The Balaban J connectivity index is 5.06. The summed E-state index contributed by atoms with van der Waals surface area (Å²) in [7, 11) is -1.55. The Labute approximate surface area is 116 Å². The molecule has 0 heterocycles. The first-order valence-electron chi connectivity index (χ1n) is 7.37. The molecule has 0 aromatic heterocycles. The van der Waals surface area contributed by atoms with E-state index in [4.69, 9.17) is 10.8 Å². The molecule has 18 heavy (non-hydrogen) atoms. The van der Waals surface area contributed by atoms with E-state index in [2.05, 4.69) is 54.4 Å². The summed E-state index contributed by atoms with van der Waals surface area (Å²) in [6.45, 7) is 15.9. The molecule has 0 radical (unpaired) electrons. The minimum Gasteiger partial charge on any atom is -0.413 e. The summed E-state index contributed by atoms with van der Waals surface area (Å²) in [6, 6.07) is 3.61. The fourth-order valence-corrected chi connectivity index (χ4v) is 5.83. The van der Waals surface area contributed by atoms with E-state index in [0.717, 1.165) is 6.42 Å². The van der Waals surface area contributed by atoms with Gasteiger partial charge in [0, 0.05) is 6.42 Å². The molecule has 0 aliphatic carbocycles. The highest BCUT2D eigenvalue weighted by Crippen LogP contribution is 2.35. The summed E-state index contributed by atoms with van der Waals surface area (Å²) in [5.41, 5.74) is 0.161. The molecule has 2 heteroatoms. The van der Waals surface area contributed by atoms with Gasteiger partial charge < -0.3 is 4.43 Å². The van der Waals surface area contributed by atoms with Crippen molar-refractivity contribution in [2.75, 3.05) is 0 Å². The maximum absolute atomic E-state index is 6.71. The van der Waals surface area contributed by atoms with Gasteiger partial charge in [0.25, 0.3) is 0 Å². The summed E-state index contributed by atoms with van der Waals surface area (Å²) < 4.78 is 6.71. The number of terminal acetylenes is 1. The van der Waals surface area contributed by atoms with Crippen molar-refractivity contribution in [3.05, 3.63) is 0 Å². The quantitative estimate of drug-likeness (QED) is 0.462. The molecule has 0 amide bonds. The SMILES string of the molecule is C#CC[C@@H](C)[C@H](O[Si](CC)(CC)CC)C(C)(C)C. The maximum Gasteiger partial charge on any atom is 0.192 e. The van der Waals surface area contributed by atoms with Crippen LogP contribution in [0.15, 0.2) is 0 Å². The second-order valence-electron chi connectivity index (χ2n) is 6.53. The molecule has 0 aromatic rings. The number of hydrogen-bond donors (Lipinski definition) is 0. The lowest BCUT2D eigenvalue weighted by Crippen LogP contribution is -2.47. The highest BCUT2D eigenvalue weighted by Gasteiger charge is 2.38. The van der Waals surface area contributed by atoms with E-state index < -0.39 is 8.32 Å². The Bertz CT molecular complexity index is 260. The molecule has 0 rings (SSSR count). The fourth-order valence-electron chi connectivity index (χ4n) is 2.71. The van der Waals surface area contributed by atoms with E-state index in [1.165, 1.54) is 18.1 Å². The van der Waals surface area contributed by atoms with Gasteiger partial charge in [0.2, 0.25) is 0 Å². The van der Waals surface area contributed by atoms with E-state index in [9.17, 15) is 0 Å². The van der Waals surface area contributed by atoms with Crippen LogP contribution in [0.1, 0.15) is 54.9 Å². The molecular formula is C16H32OSi. The molecule has 2 atom stereocenters. The van der Waals surface area contributed by atoms with Gasteiger partial charge in [-0.25, -0.2) is 0 Å². The van der Waals surface area contributed by atoms with Gasteiger partial charge in [0.1, 0.15) is 0 Å². The fraction of sp³-hybridized carbons (Fsp3) is 0.875. The van der Waals surface area contributed by atoms with Crippen LogP contribution in [-0.4, -0.2) is 14.4 Å². The van der Waals surface area contributed by atoms with Gasteiger partial charge in [-0.15, -0.1) is 12.3 Å². The summed E-state index contributed by atoms with van der Waals surface area (Å²) in [4.78, 5) is 0. The molecule has 0 N–H and O–H groups in total. The second kappa shape index (κ2) is 7.36. The Morgan fingerprint density at radius 1 is 1.11 bits per heavy atom. The van der Waals surface area contributed by atoms with Crippen molar-refractivity contribution < 1.29 is 4.43 Å². The molecule has 0 spiro atoms. The van der Waals surface area contributed by atoms with E-state index >= 15 is 0 Å². The van der Waals surface area contributed by atoms with Gasteiger partial charge in [0.15, 0.2) is 8.32 Å². The number of hydrogen-bond acceptors (Lipinski definition) is 1. The van der Waals surface area contributed by atoms with Crippen LogP contribution in [0.25, 0.3) is 0 Å². The van der Waals surface area contributed by atoms with Gasteiger partial charge in [-0.1, -0.05) is 48.5 Å². The highest BCUT2D eigenvalue weighted by molar-refractivity contribution is 6.73. The molecule has 0 saturated carbocycles. The van der Waals surface area contributed by atoms with Crippen LogP contribution in [0.3, 0.4) is 0 Å². The topological polar surface area (TPSA) is 9.23 Å². The Morgan fingerprint density at radius 2 is 1.56 bits per heavy atom. The van der Waals surface area contributed by atoms with Gasteiger partial charge in [-0.2, -0.15) is 0 Å². The summed E-state index contributed by atoms with van der Waals surface area (Å²) >= 11 is 0. The van der Waals surface area contributed by atoms with Crippen LogP contribution in [0.4, 0.5) is 0 Å². The van der Waals surface area contributed by atoms with Crippen LogP contribution >= 0.6 is 0 Å². The lowest BCUT2D eigenvalue weighted by atomic mass is 9.81. The van der Waals surface area contributed by atoms with Crippen LogP contribution in [-0.2, 0) is 4.43 Å². The Hall–Kier alpha value is -0.263. The van der Waals surface area contributed by atoms with E-state index in [1.54, 1.807) is 0 Å². The standard InChI is InChI=1S/C16H32OSi/c1-9-13-14(5)15(16(6,7)8)17-18(10-2,11-3)12-4/h1,14-15H,10-13H2,2-8H3/t14-,15+/m1/s1. The van der Waals surface area contributed by atoms with Crippen LogP contribution in [0, 0.1) is 23.7 Å². The molecule has 0 aromatic carbocycles. The van der Waals surface area contributed by atoms with Crippen LogP contribution < -0.4 is 0 Å². The lowest BCUT2D eigenvalue weighted by Gasteiger charge is -2.42. The molecule has 0 fully saturated rings. The van der Waals surface area contributed by atoms with Crippen molar-refractivity contribution in [1.82, 2.24) is 0 Å². The average molecular weight is 269 g/mol. The zero-order chi connectivity index (χ0) is 14.4. The van der Waals surface area contributed by atoms with Gasteiger partial charge in [-0.3, -0.25) is 0 Å². The highest BCUT2D eigenvalue weighted by atomic mass is 28.4. The van der Waals surface area contributed by atoms with Crippen molar-refractivity contribution in [2.24, 2.45) is 11.3 Å². The molecule has 0 saturated heterocycles. The van der Waals surface area contributed by atoms with E-state index in [0.29, 0.717) is 5.92 Å². The Kier molecular flexibility index (Phi) is 7.25. The van der Waals surface area contributed by atoms with Gasteiger partial charge in [-0.05, 0) is 29.5 Å². The van der Waals surface area contributed by atoms with Gasteiger partial charge in [0.05, 0.1) is 6.10 Å². The molecule has 0 aliphatic rings. The second-order valence-corrected chi connectivity index (χ2v) is 11.3. The first-order valence-corrected chi connectivity index (χ1v) is 9.90. The van der Waals surface area contributed by atoms with Crippen LogP contribution in [0.5, 0.6) is 0 Å². The third-order valence-electron chi connectivity index (χ3n) is 4.12. The maximum atomic E-state index is 6.71. The zero-order valence-electron chi connectivity index (χ0n) is 13.5. The van der Waals surface area contributed by atoms with Crippen molar-refractivity contribution in [3.8, 4) is 12.3 Å². The molecule has 0 bridgehead atoms.